The summed E-state index contributed by atoms with van der Waals surface area (Å²) < 4.78 is 2.54. The maximum absolute atomic E-state index is 2.54. The number of benzene rings is 7. The molecular weight excluding hydrogens is 617 g/mol. The van der Waals surface area contributed by atoms with Crippen molar-refractivity contribution in [1.29, 1.82) is 0 Å². The first-order valence-corrected chi connectivity index (χ1v) is 17.9. The van der Waals surface area contributed by atoms with Gasteiger partial charge in [-0.2, -0.15) is 0 Å². The molecule has 0 saturated heterocycles. The monoisotopic (exact) mass is 651 g/mol. The number of rotatable bonds is 3. The summed E-state index contributed by atoms with van der Waals surface area (Å²) >= 11 is 0. The van der Waals surface area contributed by atoms with Crippen LogP contribution in [0.5, 0.6) is 0 Å². The van der Waals surface area contributed by atoms with Gasteiger partial charge in [-0.15, -0.1) is 0 Å². The Kier molecular flexibility index (Phi) is 5.82. The standard InChI is InChI=1S/C47H34BN3/c1-47(2)37-24-13-12-23-34(37)35-29-36-43(30-38(35)47)51(33-21-10-5-11-22-33)46-44(36)48-39-25-14-15-26-40(39)49(31-17-6-3-7-18-31)41-27-16-28-42(45(41)48)50(46)32-19-8-4-9-20-32/h3-30H,1-2H3. The van der Waals surface area contributed by atoms with Gasteiger partial charge in [0.15, 0.2) is 0 Å². The summed E-state index contributed by atoms with van der Waals surface area (Å²) in [4.78, 5) is 4.99. The molecule has 3 heterocycles. The van der Waals surface area contributed by atoms with Gasteiger partial charge >= 0.3 is 0 Å². The van der Waals surface area contributed by atoms with Crippen molar-refractivity contribution in [2.45, 2.75) is 19.3 Å². The first-order valence-electron chi connectivity index (χ1n) is 17.9. The normalized spacial score (nSPS) is 14.5. The molecule has 1 aromatic heterocycles. The van der Waals surface area contributed by atoms with Crippen LogP contribution in [0.15, 0.2) is 170 Å². The Balaban J connectivity index is 1.33. The average Bonchev–Trinajstić information content (AvgIpc) is 3.63. The third-order valence-corrected chi connectivity index (χ3v) is 11.5. The van der Waals surface area contributed by atoms with E-state index in [1.807, 2.05) is 0 Å². The summed E-state index contributed by atoms with van der Waals surface area (Å²) in [6.07, 6.45) is 0. The fraction of sp³-hybridized carbons (Fsp3) is 0.0638. The zero-order chi connectivity index (χ0) is 33.8. The van der Waals surface area contributed by atoms with Crippen LogP contribution in [0.1, 0.15) is 25.0 Å². The minimum atomic E-state index is -0.116. The summed E-state index contributed by atoms with van der Waals surface area (Å²) in [6.45, 7) is 4.79. The Bertz CT molecular complexity index is 2680. The van der Waals surface area contributed by atoms with Crippen molar-refractivity contribution in [3.63, 3.8) is 0 Å². The van der Waals surface area contributed by atoms with Crippen molar-refractivity contribution in [3.8, 4) is 16.8 Å². The second kappa shape index (κ2) is 10.4. The van der Waals surface area contributed by atoms with E-state index in [1.54, 1.807) is 0 Å². The molecule has 0 N–H and O–H groups in total. The largest absolute Gasteiger partial charge is 0.311 e. The smallest absolute Gasteiger partial charge is 0.255 e. The minimum absolute atomic E-state index is 0.0255. The summed E-state index contributed by atoms with van der Waals surface area (Å²) in [6, 6.07) is 62.7. The van der Waals surface area contributed by atoms with Crippen molar-refractivity contribution >= 4 is 68.3 Å². The van der Waals surface area contributed by atoms with E-state index in [9.17, 15) is 0 Å². The van der Waals surface area contributed by atoms with Gasteiger partial charge in [-0.05, 0) is 111 Å². The Labute approximate surface area is 298 Å². The molecule has 7 aromatic carbocycles. The van der Waals surface area contributed by atoms with Crippen LogP contribution in [-0.4, -0.2) is 11.3 Å². The van der Waals surface area contributed by atoms with Crippen molar-refractivity contribution in [3.05, 3.63) is 181 Å². The summed E-state index contributed by atoms with van der Waals surface area (Å²) in [5.41, 5.74) is 17.7. The Morgan fingerprint density at radius 3 is 1.75 bits per heavy atom. The molecule has 0 saturated carbocycles. The van der Waals surface area contributed by atoms with Gasteiger partial charge < -0.3 is 4.90 Å². The fourth-order valence-corrected chi connectivity index (χ4v) is 9.39. The fourth-order valence-electron chi connectivity index (χ4n) is 9.39. The average molecular weight is 652 g/mol. The highest BCUT2D eigenvalue weighted by Gasteiger charge is 2.47. The molecule has 2 aliphatic heterocycles. The molecule has 0 unspecified atom stereocenters. The molecule has 1 aliphatic carbocycles. The zero-order valence-corrected chi connectivity index (χ0v) is 28.6. The van der Waals surface area contributed by atoms with Gasteiger partial charge in [0.05, 0.1) is 5.52 Å². The molecule has 0 bridgehead atoms. The molecule has 0 amide bonds. The van der Waals surface area contributed by atoms with E-state index < -0.39 is 0 Å². The maximum atomic E-state index is 2.54. The number of anilines is 6. The van der Waals surface area contributed by atoms with Crippen LogP contribution in [-0.2, 0) is 5.41 Å². The van der Waals surface area contributed by atoms with E-state index in [2.05, 4.69) is 198 Å². The molecule has 0 fully saturated rings. The van der Waals surface area contributed by atoms with Gasteiger partial charge in [-0.3, -0.25) is 9.47 Å². The highest BCUT2D eigenvalue weighted by molar-refractivity contribution is 7.01. The first-order chi connectivity index (χ1) is 25.1. The molecule has 11 rings (SSSR count). The van der Waals surface area contributed by atoms with Crippen LogP contribution in [0.25, 0.3) is 27.7 Å². The van der Waals surface area contributed by atoms with Crippen molar-refractivity contribution in [1.82, 2.24) is 4.57 Å². The number of nitrogens with zero attached hydrogens (tertiary/aromatic N) is 3. The molecule has 240 valence electrons. The molecule has 0 atom stereocenters. The quantitative estimate of drug-likeness (QED) is 0.176. The lowest BCUT2D eigenvalue weighted by molar-refractivity contribution is 0.661. The first kappa shape index (κ1) is 28.6. The SMILES string of the molecule is CC1(C)c2ccccc2-c2cc3c4c(n(-c5ccccc5)c3cc21)N(c1ccccc1)c1cccc2c1B4c1ccccc1N2c1ccccc1. The van der Waals surface area contributed by atoms with E-state index >= 15 is 0 Å². The molecule has 0 spiro atoms. The lowest BCUT2D eigenvalue weighted by Gasteiger charge is -2.43. The van der Waals surface area contributed by atoms with Crippen LogP contribution < -0.4 is 26.2 Å². The van der Waals surface area contributed by atoms with E-state index in [4.69, 9.17) is 0 Å². The number of aromatic nitrogens is 1. The Morgan fingerprint density at radius 1 is 0.451 bits per heavy atom. The molecule has 0 radical (unpaired) electrons. The van der Waals surface area contributed by atoms with E-state index in [1.165, 1.54) is 72.4 Å². The third-order valence-electron chi connectivity index (χ3n) is 11.5. The lowest BCUT2D eigenvalue weighted by Crippen LogP contribution is -2.61. The van der Waals surface area contributed by atoms with Gasteiger partial charge in [0.25, 0.3) is 6.71 Å². The van der Waals surface area contributed by atoms with Crippen LogP contribution in [0, 0.1) is 0 Å². The Hall–Kier alpha value is -6.26. The Morgan fingerprint density at radius 2 is 1.02 bits per heavy atom. The summed E-state index contributed by atoms with van der Waals surface area (Å²) in [5, 5.41) is 1.30. The molecule has 3 aliphatic rings. The van der Waals surface area contributed by atoms with E-state index in [0.717, 1.165) is 17.1 Å². The maximum Gasteiger partial charge on any atom is 0.255 e. The van der Waals surface area contributed by atoms with Crippen LogP contribution >= 0.6 is 0 Å². The van der Waals surface area contributed by atoms with Crippen LogP contribution in [0.2, 0.25) is 0 Å². The van der Waals surface area contributed by atoms with Crippen LogP contribution in [0.4, 0.5) is 34.3 Å². The highest BCUT2D eigenvalue weighted by atomic mass is 15.3. The number of para-hydroxylation sites is 4. The molecule has 3 nitrogen and oxygen atoms in total. The van der Waals surface area contributed by atoms with Gasteiger partial charge in [0.1, 0.15) is 5.82 Å². The van der Waals surface area contributed by atoms with E-state index in [0.29, 0.717) is 0 Å². The minimum Gasteiger partial charge on any atom is -0.311 e. The third kappa shape index (κ3) is 3.79. The predicted octanol–water partition coefficient (Wildman–Crippen LogP) is 10.0. The zero-order valence-electron chi connectivity index (χ0n) is 28.6. The lowest BCUT2D eigenvalue weighted by atomic mass is 9.33. The van der Waals surface area contributed by atoms with Gasteiger partial charge in [-0.25, -0.2) is 0 Å². The molecule has 51 heavy (non-hydrogen) atoms. The van der Waals surface area contributed by atoms with Crippen molar-refractivity contribution < 1.29 is 0 Å². The summed E-state index contributed by atoms with van der Waals surface area (Å²) in [5.74, 6) is 1.20. The highest BCUT2D eigenvalue weighted by Crippen LogP contribution is 2.52. The second-order valence-electron chi connectivity index (χ2n) is 14.5. The molecule has 4 heteroatoms. The summed E-state index contributed by atoms with van der Waals surface area (Å²) in [7, 11) is 0. The van der Waals surface area contributed by atoms with Crippen molar-refractivity contribution in [2.75, 3.05) is 9.80 Å². The number of hydrogen-bond acceptors (Lipinski definition) is 2. The van der Waals surface area contributed by atoms with E-state index in [-0.39, 0.29) is 12.1 Å². The second-order valence-corrected chi connectivity index (χ2v) is 14.5. The predicted molar refractivity (Wildman–Crippen MR) is 215 cm³/mol. The molecular formula is C47H34BN3. The topological polar surface area (TPSA) is 11.4 Å². The number of fused-ring (bicyclic) bond motifs is 9. The van der Waals surface area contributed by atoms with Gasteiger partial charge in [-0.1, -0.05) is 117 Å². The van der Waals surface area contributed by atoms with Gasteiger partial charge in [0, 0.05) is 39.5 Å². The van der Waals surface area contributed by atoms with Gasteiger partial charge in [0.2, 0.25) is 0 Å². The van der Waals surface area contributed by atoms with Crippen LogP contribution in [0.3, 0.4) is 0 Å². The van der Waals surface area contributed by atoms with Crippen molar-refractivity contribution in [2.24, 2.45) is 0 Å². The number of hydrogen-bond donors (Lipinski definition) is 0. The molecule has 8 aromatic rings.